The first-order valence-corrected chi connectivity index (χ1v) is 7.47. The zero-order valence-electron chi connectivity index (χ0n) is 8.30. The van der Waals surface area contributed by atoms with E-state index in [-0.39, 0.29) is 36.3 Å². The van der Waals surface area contributed by atoms with E-state index < -0.39 is 8.32 Å². The molecule has 0 spiro atoms. The van der Waals surface area contributed by atoms with E-state index in [1.807, 2.05) is 0 Å². The van der Waals surface area contributed by atoms with Gasteiger partial charge in [0.25, 0.3) is 0 Å². The van der Waals surface area contributed by atoms with Crippen molar-refractivity contribution in [3.05, 3.63) is 0 Å². The number of ether oxygens (including phenoxy) is 1. The molecular weight excluding hydrogens is 220 g/mol. The van der Waals surface area contributed by atoms with Gasteiger partial charge in [-0.2, -0.15) is 0 Å². The molecule has 4 heteroatoms. The molecule has 0 aliphatic rings. The molecule has 3 nitrogen and oxygen atoms in total. The van der Waals surface area contributed by atoms with Crippen molar-refractivity contribution in [3.8, 4) is 0 Å². The van der Waals surface area contributed by atoms with Gasteiger partial charge >= 0.3 is 0 Å². The number of rotatable bonds is 7. The van der Waals surface area contributed by atoms with Crippen LogP contribution in [0.1, 0.15) is 36.1 Å². The van der Waals surface area contributed by atoms with Crippen LogP contribution < -0.4 is 0 Å². The number of aliphatic hydroxyl groups is 1. The fourth-order valence-electron chi connectivity index (χ4n) is 0.869. The summed E-state index contributed by atoms with van der Waals surface area (Å²) in [6, 6.07) is 1.12. The Bertz CT molecular complexity index is 108. The normalized spacial score (nSPS) is 9.00. The Balaban J connectivity index is -0.000000101. The molecule has 0 aliphatic heterocycles. The van der Waals surface area contributed by atoms with Crippen LogP contribution in [-0.2, 0) is 9.16 Å². The summed E-state index contributed by atoms with van der Waals surface area (Å²) in [6.45, 7) is 5.69. The maximum Gasteiger partial charge on any atom is 0.186 e. The topological polar surface area (TPSA) is 38.7 Å². The van der Waals surface area contributed by atoms with Gasteiger partial charge in [-0.1, -0.05) is 29.7 Å². The minimum Gasteiger partial charge on any atom is -0.420 e. The first-order valence-electron chi connectivity index (χ1n) is 4.36. The van der Waals surface area contributed by atoms with E-state index in [9.17, 15) is 0 Å². The summed E-state index contributed by atoms with van der Waals surface area (Å²) in [5, 5.41) is 8.43. The van der Waals surface area contributed by atoms with Gasteiger partial charge < -0.3 is 14.3 Å². The van der Waals surface area contributed by atoms with Gasteiger partial charge in [-0.15, -0.1) is 0 Å². The van der Waals surface area contributed by atoms with Crippen LogP contribution in [0, 0.1) is 0 Å². The molecule has 0 aromatic rings. The molecular formula is C12H36O3Si. The third kappa shape index (κ3) is 19.6. The molecule has 0 rings (SSSR count). The Hall–Kier alpha value is 0.0969. The average Bonchev–Trinajstić information content (AvgIpc) is 2.04. The zero-order chi connectivity index (χ0) is 9.45. The van der Waals surface area contributed by atoms with Crippen LogP contribution in [0.3, 0.4) is 0 Å². The SMILES string of the molecule is C.C.C.C.CO[Si](C)(C)CCCOCCO. The van der Waals surface area contributed by atoms with Crippen molar-refractivity contribution >= 4 is 8.32 Å². The Kier molecular flexibility index (Phi) is 32.6. The van der Waals surface area contributed by atoms with Gasteiger partial charge in [0.2, 0.25) is 0 Å². The minimum absolute atomic E-state index is 0. The highest BCUT2D eigenvalue weighted by atomic mass is 28.4. The fraction of sp³-hybridized carbons (Fsp3) is 1.00. The molecule has 0 atom stereocenters. The second-order valence-corrected chi connectivity index (χ2v) is 7.83. The molecule has 106 valence electrons. The fourth-order valence-corrected chi connectivity index (χ4v) is 2.07. The molecule has 0 aromatic heterocycles. The Labute approximate surface area is 105 Å². The van der Waals surface area contributed by atoms with Crippen LogP contribution in [0.4, 0.5) is 0 Å². The number of hydrogen-bond donors (Lipinski definition) is 1. The molecule has 0 heterocycles. The van der Waals surface area contributed by atoms with Crippen LogP contribution in [0.5, 0.6) is 0 Å². The Morgan fingerprint density at radius 2 is 1.50 bits per heavy atom. The molecule has 16 heavy (non-hydrogen) atoms. The highest BCUT2D eigenvalue weighted by molar-refractivity contribution is 6.71. The first kappa shape index (κ1) is 29.8. The Morgan fingerprint density at radius 3 is 1.88 bits per heavy atom. The average molecular weight is 257 g/mol. The van der Waals surface area contributed by atoms with Crippen LogP contribution >= 0.6 is 0 Å². The maximum atomic E-state index is 8.43. The highest BCUT2D eigenvalue weighted by Gasteiger charge is 2.19. The Morgan fingerprint density at radius 1 is 1.00 bits per heavy atom. The van der Waals surface area contributed by atoms with E-state index in [1.165, 1.54) is 0 Å². The lowest BCUT2D eigenvalue weighted by atomic mass is 10.5. The summed E-state index contributed by atoms with van der Waals surface area (Å²) in [6.07, 6.45) is 1.03. The van der Waals surface area contributed by atoms with E-state index in [1.54, 1.807) is 7.11 Å². The maximum absolute atomic E-state index is 8.43. The largest absolute Gasteiger partial charge is 0.420 e. The molecule has 0 radical (unpaired) electrons. The highest BCUT2D eigenvalue weighted by Crippen LogP contribution is 2.11. The minimum atomic E-state index is -1.38. The van der Waals surface area contributed by atoms with Crippen molar-refractivity contribution in [1.29, 1.82) is 0 Å². The van der Waals surface area contributed by atoms with Gasteiger partial charge in [-0.25, -0.2) is 0 Å². The van der Waals surface area contributed by atoms with Crippen molar-refractivity contribution in [2.45, 2.75) is 55.3 Å². The van der Waals surface area contributed by atoms with Gasteiger partial charge in [0, 0.05) is 13.7 Å². The summed E-state index contributed by atoms with van der Waals surface area (Å²) < 4.78 is 10.5. The van der Waals surface area contributed by atoms with Gasteiger partial charge in [0.05, 0.1) is 13.2 Å². The second-order valence-electron chi connectivity index (χ2n) is 3.40. The van der Waals surface area contributed by atoms with Crippen LogP contribution in [0.2, 0.25) is 19.1 Å². The monoisotopic (exact) mass is 256 g/mol. The predicted octanol–water partition coefficient (Wildman–Crippen LogP) is 3.78. The lowest BCUT2D eigenvalue weighted by Gasteiger charge is -2.19. The quantitative estimate of drug-likeness (QED) is 0.556. The molecule has 0 unspecified atom stereocenters. The van der Waals surface area contributed by atoms with E-state index in [2.05, 4.69) is 13.1 Å². The summed E-state index contributed by atoms with van der Waals surface area (Å²) in [5.41, 5.74) is 0. The van der Waals surface area contributed by atoms with Crippen molar-refractivity contribution in [2.75, 3.05) is 26.9 Å². The van der Waals surface area contributed by atoms with Crippen LogP contribution in [0.15, 0.2) is 0 Å². The van der Waals surface area contributed by atoms with Crippen molar-refractivity contribution in [3.63, 3.8) is 0 Å². The standard InChI is InChI=1S/C8H20O3Si.4CH4/c1-10-12(2,3)8-4-6-11-7-5-9;;;;/h9H,4-8H2,1-3H3;4*1H4. The molecule has 1 N–H and O–H groups in total. The van der Waals surface area contributed by atoms with Crippen LogP contribution in [-0.4, -0.2) is 40.4 Å². The summed E-state index contributed by atoms with van der Waals surface area (Å²) in [7, 11) is 0.399. The molecule has 0 saturated heterocycles. The lowest BCUT2D eigenvalue weighted by Crippen LogP contribution is -2.28. The molecule has 0 aliphatic carbocycles. The summed E-state index contributed by atoms with van der Waals surface area (Å²) >= 11 is 0. The van der Waals surface area contributed by atoms with E-state index in [0.29, 0.717) is 6.61 Å². The van der Waals surface area contributed by atoms with Crippen molar-refractivity contribution in [1.82, 2.24) is 0 Å². The number of hydrogen-bond acceptors (Lipinski definition) is 3. The first-order chi connectivity index (χ1) is 5.62. The van der Waals surface area contributed by atoms with Crippen molar-refractivity contribution < 1.29 is 14.3 Å². The van der Waals surface area contributed by atoms with E-state index in [4.69, 9.17) is 14.3 Å². The van der Waals surface area contributed by atoms with Crippen LogP contribution in [0.25, 0.3) is 0 Å². The van der Waals surface area contributed by atoms with Gasteiger partial charge in [-0.05, 0) is 25.6 Å². The van der Waals surface area contributed by atoms with Gasteiger partial charge in [-0.3, -0.25) is 0 Å². The molecule has 0 fully saturated rings. The number of aliphatic hydroxyl groups excluding tert-OH is 1. The molecule has 0 bridgehead atoms. The van der Waals surface area contributed by atoms with Gasteiger partial charge in [0.1, 0.15) is 0 Å². The predicted molar refractivity (Wildman–Crippen MR) is 78.7 cm³/mol. The lowest BCUT2D eigenvalue weighted by molar-refractivity contribution is 0.0922. The van der Waals surface area contributed by atoms with E-state index >= 15 is 0 Å². The molecule has 0 saturated carbocycles. The smallest absolute Gasteiger partial charge is 0.186 e. The molecule has 0 amide bonds. The third-order valence-corrected chi connectivity index (χ3v) is 4.52. The zero-order valence-corrected chi connectivity index (χ0v) is 9.30. The van der Waals surface area contributed by atoms with Gasteiger partial charge in [0.15, 0.2) is 8.32 Å². The second kappa shape index (κ2) is 17.5. The summed E-state index contributed by atoms with van der Waals surface area (Å²) in [4.78, 5) is 0. The summed E-state index contributed by atoms with van der Waals surface area (Å²) in [5.74, 6) is 0. The van der Waals surface area contributed by atoms with Crippen molar-refractivity contribution in [2.24, 2.45) is 0 Å². The third-order valence-electron chi connectivity index (χ3n) is 1.86. The molecule has 0 aromatic carbocycles. The van der Waals surface area contributed by atoms with E-state index in [0.717, 1.165) is 19.1 Å².